The van der Waals surface area contributed by atoms with E-state index in [2.05, 4.69) is 43.4 Å². The van der Waals surface area contributed by atoms with Gasteiger partial charge in [0, 0.05) is 5.69 Å². The van der Waals surface area contributed by atoms with Crippen molar-refractivity contribution in [3.8, 4) is 11.5 Å². The van der Waals surface area contributed by atoms with Crippen molar-refractivity contribution in [2.24, 2.45) is 5.92 Å². The average molecular weight is 299 g/mol. The van der Waals surface area contributed by atoms with E-state index in [1.54, 1.807) is 14.2 Å². The SMILES string of the molecule is CCC(C)C(Nc1ccc(OC)cc1)c1ccc(OC)cc1. The molecule has 22 heavy (non-hydrogen) atoms. The van der Waals surface area contributed by atoms with Gasteiger partial charge in [-0.3, -0.25) is 0 Å². The molecule has 0 aliphatic heterocycles. The Labute approximate surface area is 133 Å². The molecule has 0 saturated heterocycles. The monoisotopic (exact) mass is 299 g/mol. The molecule has 0 aliphatic carbocycles. The molecule has 0 spiro atoms. The van der Waals surface area contributed by atoms with Gasteiger partial charge in [-0.15, -0.1) is 0 Å². The molecule has 0 saturated carbocycles. The highest BCUT2D eigenvalue weighted by Gasteiger charge is 2.18. The molecule has 3 nitrogen and oxygen atoms in total. The Hall–Kier alpha value is -2.16. The molecule has 2 rings (SSSR count). The molecular weight excluding hydrogens is 274 g/mol. The number of nitrogens with one attached hydrogen (secondary N) is 1. The van der Waals surface area contributed by atoms with Gasteiger partial charge in [0.05, 0.1) is 20.3 Å². The summed E-state index contributed by atoms with van der Waals surface area (Å²) in [6.07, 6.45) is 1.11. The lowest BCUT2D eigenvalue weighted by atomic mass is 9.92. The number of rotatable bonds is 7. The first-order chi connectivity index (χ1) is 10.7. The maximum absolute atomic E-state index is 5.25. The molecule has 0 heterocycles. The van der Waals surface area contributed by atoms with Crippen LogP contribution in [-0.2, 0) is 0 Å². The third kappa shape index (κ3) is 3.94. The van der Waals surface area contributed by atoms with E-state index in [0.29, 0.717) is 5.92 Å². The van der Waals surface area contributed by atoms with Crippen LogP contribution in [0.25, 0.3) is 0 Å². The quantitative estimate of drug-likeness (QED) is 0.788. The molecule has 2 unspecified atom stereocenters. The zero-order valence-electron chi connectivity index (χ0n) is 13.8. The number of ether oxygens (including phenoxy) is 2. The lowest BCUT2D eigenvalue weighted by molar-refractivity contribution is 0.413. The topological polar surface area (TPSA) is 30.5 Å². The highest BCUT2D eigenvalue weighted by molar-refractivity contribution is 5.48. The van der Waals surface area contributed by atoms with Crippen molar-refractivity contribution in [3.05, 3.63) is 54.1 Å². The number of methoxy groups -OCH3 is 2. The summed E-state index contributed by atoms with van der Waals surface area (Å²) < 4.78 is 10.5. The zero-order chi connectivity index (χ0) is 15.9. The van der Waals surface area contributed by atoms with E-state index < -0.39 is 0 Å². The minimum Gasteiger partial charge on any atom is -0.497 e. The largest absolute Gasteiger partial charge is 0.497 e. The van der Waals surface area contributed by atoms with Crippen LogP contribution in [0.4, 0.5) is 5.69 Å². The van der Waals surface area contributed by atoms with E-state index >= 15 is 0 Å². The van der Waals surface area contributed by atoms with Crippen molar-refractivity contribution in [1.82, 2.24) is 0 Å². The maximum Gasteiger partial charge on any atom is 0.119 e. The smallest absolute Gasteiger partial charge is 0.119 e. The average Bonchev–Trinajstić information content (AvgIpc) is 2.59. The number of hydrogen-bond acceptors (Lipinski definition) is 3. The van der Waals surface area contributed by atoms with Crippen LogP contribution in [0.5, 0.6) is 11.5 Å². The Morgan fingerprint density at radius 1 is 0.864 bits per heavy atom. The summed E-state index contributed by atoms with van der Waals surface area (Å²) in [7, 11) is 3.37. The Balaban J connectivity index is 2.20. The fourth-order valence-electron chi connectivity index (χ4n) is 2.47. The normalized spacial score (nSPS) is 13.3. The first kappa shape index (κ1) is 16.2. The Morgan fingerprint density at radius 3 is 1.82 bits per heavy atom. The summed E-state index contributed by atoms with van der Waals surface area (Å²) in [5.41, 5.74) is 2.37. The molecule has 0 fully saturated rings. The third-order valence-corrected chi connectivity index (χ3v) is 4.10. The van der Waals surface area contributed by atoms with E-state index in [1.807, 2.05) is 24.3 Å². The summed E-state index contributed by atoms with van der Waals surface area (Å²) in [4.78, 5) is 0. The Kier molecular flexibility index (Phi) is 5.70. The van der Waals surface area contributed by atoms with Crippen molar-refractivity contribution < 1.29 is 9.47 Å². The third-order valence-electron chi connectivity index (χ3n) is 4.10. The second-order valence-corrected chi connectivity index (χ2v) is 5.51. The van der Waals surface area contributed by atoms with Crippen molar-refractivity contribution >= 4 is 5.69 Å². The molecule has 0 aliphatic rings. The van der Waals surface area contributed by atoms with Crippen molar-refractivity contribution in [2.75, 3.05) is 19.5 Å². The van der Waals surface area contributed by atoms with E-state index in [9.17, 15) is 0 Å². The van der Waals surface area contributed by atoms with Crippen LogP contribution in [-0.4, -0.2) is 14.2 Å². The van der Waals surface area contributed by atoms with Gasteiger partial charge in [-0.2, -0.15) is 0 Å². The summed E-state index contributed by atoms with van der Waals surface area (Å²) in [6, 6.07) is 16.6. The van der Waals surface area contributed by atoms with Crippen LogP contribution >= 0.6 is 0 Å². The van der Waals surface area contributed by atoms with Crippen LogP contribution in [0.15, 0.2) is 48.5 Å². The van der Waals surface area contributed by atoms with Gasteiger partial charge in [0.25, 0.3) is 0 Å². The highest BCUT2D eigenvalue weighted by atomic mass is 16.5. The predicted molar refractivity (Wildman–Crippen MR) is 91.8 cm³/mol. The first-order valence-electron chi connectivity index (χ1n) is 7.72. The minimum absolute atomic E-state index is 0.268. The fourth-order valence-corrected chi connectivity index (χ4v) is 2.47. The predicted octanol–water partition coefficient (Wildman–Crippen LogP) is 4.90. The lowest BCUT2D eigenvalue weighted by Crippen LogP contribution is -2.18. The molecule has 0 aromatic heterocycles. The first-order valence-corrected chi connectivity index (χ1v) is 7.72. The van der Waals surface area contributed by atoms with Gasteiger partial charge in [-0.25, -0.2) is 0 Å². The minimum atomic E-state index is 0.268. The number of anilines is 1. The molecule has 0 radical (unpaired) electrons. The van der Waals surface area contributed by atoms with E-state index in [-0.39, 0.29) is 6.04 Å². The molecule has 0 bridgehead atoms. The summed E-state index contributed by atoms with van der Waals surface area (Å²) in [6.45, 7) is 4.49. The van der Waals surface area contributed by atoms with E-state index in [0.717, 1.165) is 23.6 Å². The number of hydrogen-bond donors (Lipinski definition) is 1. The molecule has 2 atom stereocenters. The van der Waals surface area contributed by atoms with E-state index in [1.165, 1.54) is 5.56 Å². The zero-order valence-corrected chi connectivity index (χ0v) is 13.8. The van der Waals surface area contributed by atoms with E-state index in [4.69, 9.17) is 9.47 Å². The Morgan fingerprint density at radius 2 is 1.36 bits per heavy atom. The van der Waals surface area contributed by atoms with Crippen LogP contribution in [0.2, 0.25) is 0 Å². The second-order valence-electron chi connectivity index (χ2n) is 5.51. The Bertz CT molecular complexity index is 563. The summed E-state index contributed by atoms with van der Waals surface area (Å²) in [5.74, 6) is 2.28. The lowest BCUT2D eigenvalue weighted by Gasteiger charge is -2.26. The molecule has 1 N–H and O–H groups in total. The van der Waals surface area contributed by atoms with Crippen LogP contribution in [0, 0.1) is 5.92 Å². The number of benzene rings is 2. The van der Waals surface area contributed by atoms with Crippen molar-refractivity contribution in [3.63, 3.8) is 0 Å². The molecule has 2 aromatic rings. The summed E-state index contributed by atoms with van der Waals surface area (Å²) in [5, 5.41) is 3.64. The van der Waals surface area contributed by atoms with Gasteiger partial charge >= 0.3 is 0 Å². The molecular formula is C19H25NO2. The van der Waals surface area contributed by atoms with Gasteiger partial charge < -0.3 is 14.8 Å². The standard InChI is InChI=1S/C19H25NO2/c1-5-14(2)19(15-6-10-17(21-3)11-7-15)20-16-8-12-18(22-4)13-9-16/h6-14,19-20H,5H2,1-4H3. The van der Waals surface area contributed by atoms with Crippen molar-refractivity contribution in [2.45, 2.75) is 26.3 Å². The summed E-state index contributed by atoms with van der Waals surface area (Å²) >= 11 is 0. The van der Waals surface area contributed by atoms with Crippen LogP contribution in [0.3, 0.4) is 0 Å². The van der Waals surface area contributed by atoms with Crippen molar-refractivity contribution in [1.29, 1.82) is 0 Å². The van der Waals surface area contributed by atoms with Gasteiger partial charge in [-0.05, 0) is 47.9 Å². The van der Waals surface area contributed by atoms with Gasteiger partial charge in [0.1, 0.15) is 11.5 Å². The fraction of sp³-hybridized carbons (Fsp3) is 0.368. The van der Waals surface area contributed by atoms with Gasteiger partial charge in [0.15, 0.2) is 0 Å². The highest BCUT2D eigenvalue weighted by Crippen LogP contribution is 2.30. The molecule has 118 valence electrons. The molecule has 0 amide bonds. The van der Waals surface area contributed by atoms with Gasteiger partial charge in [-0.1, -0.05) is 32.4 Å². The molecule has 3 heteroatoms. The van der Waals surface area contributed by atoms with Crippen LogP contribution in [0.1, 0.15) is 31.9 Å². The second kappa shape index (κ2) is 7.74. The maximum atomic E-state index is 5.25. The molecule has 2 aromatic carbocycles. The van der Waals surface area contributed by atoms with Crippen LogP contribution < -0.4 is 14.8 Å². The van der Waals surface area contributed by atoms with Gasteiger partial charge in [0.2, 0.25) is 0 Å².